The Morgan fingerprint density at radius 2 is 1.84 bits per heavy atom. The minimum atomic E-state index is -5.85. The van der Waals surface area contributed by atoms with Gasteiger partial charge in [0, 0.05) is 25.6 Å². The van der Waals surface area contributed by atoms with Gasteiger partial charge in [0.15, 0.2) is 0 Å². The molecule has 0 aromatic carbocycles. The van der Waals surface area contributed by atoms with Crippen molar-refractivity contribution in [3.05, 3.63) is 0 Å². The summed E-state index contributed by atoms with van der Waals surface area (Å²) in [6.45, 7) is 0.485. The Balaban J connectivity index is 2.11. The lowest BCUT2D eigenvalue weighted by Gasteiger charge is -2.37. The molecule has 2 aliphatic heterocycles. The van der Waals surface area contributed by atoms with Gasteiger partial charge < -0.3 is 9.47 Å². The van der Waals surface area contributed by atoms with E-state index in [-0.39, 0.29) is 26.1 Å². The van der Waals surface area contributed by atoms with Crippen molar-refractivity contribution in [3.63, 3.8) is 0 Å². The molecular formula is C11H13F5O3. The number of carbonyl (C=O) groups excluding carboxylic acids is 1. The average molecular weight is 288 g/mol. The maximum atomic E-state index is 13.0. The van der Waals surface area contributed by atoms with Crippen molar-refractivity contribution in [2.24, 2.45) is 5.92 Å². The van der Waals surface area contributed by atoms with Crippen molar-refractivity contribution in [2.45, 2.75) is 37.0 Å². The van der Waals surface area contributed by atoms with Crippen LogP contribution in [0.4, 0.5) is 22.0 Å². The fraction of sp³-hybridized carbons (Fsp3) is 0.909. The lowest BCUT2D eigenvalue weighted by Crippen LogP contribution is -2.51. The molecule has 2 fully saturated rings. The van der Waals surface area contributed by atoms with Gasteiger partial charge in [-0.05, 0) is 12.8 Å². The van der Waals surface area contributed by atoms with Crippen LogP contribution in [0, 0.1) is 5.92 Å². The third-order valence-corrected chi connectivity index (χ3v) is 3.60. The molecule has 2 aliphatic rings. The quantitative estimate of drug-likeness (QED) is 0.732. The molecule has 0 radical (unpaired) electrons. The Kier molecular flexibility index (Phi) is 3.59. The van der Waals surface area contributed by atoms with Gasteiger partial charge in [-0.25, -0.2) is 0 Å². The van der Waals surface area contributed by atoms with Crippen molar-refractivity contribution in [1.29, 1.82) is 0 Å². The number of Topliss-reactive ketones (excluding diaryl/α,β-unsaturated/α-hetero) is 1. The van der Waals surface area contributed by atoms with E-state index in [0.717, 1.165) is 0 Å². The van der Waals surface area contributed by atoms with E-state index >= 15 is 0 Å². The molecule has 0 amide bonds. The number of hydrogen-bond acceptors (Lipinski definition) is 3. The van der Waals surface area contributed by atoms with Crippen LogP contribution >= 0.6 is 0 Å². The van der Waals surface area contributed by atoms with Gasteiger partial charge in [-0.15, -0.1) is 0 Å². The molecule has 2 rings (SSSR count). The first-order chi connectivity index (χ1) is 8.68. The van der Waals surface area contributed by atoms with Crippen LogP contribution in [0.5, 0.6) is 0 Å². The summed E-state index contributed by atoms with van der Waals surface area (Å²) in [5, 5.41) is 0. The first-order valence-corrected chi connectivity index (χ1v) is 5.89. The van der Waals surface area contributed by atoms with Gasteiger partial charge in [0.25, 0.3) is 0 Å². The minimum absolute atomic E-state index is 0.00625. The normalized spacial score (nSPS) is 32.8. The third kappa shape index (κ3) is 2.60. The molecule has 110 valence electrons. The molecule has 2 heterocycles. The van der Waals surface area contributed by atoms with Crippen LogP contribution in [0.1, 0.15) is 19.3 Å². The Morgan fingerprint density at radius 3 is 2.37 bits per heavy atom. The lowest BCUT2D eigenvalue weighted by molar-refractivity contribution is -0.272. The molecule has 0 bridgehead atoms. The molecule has 0 N–H and O–H groups in total. The predicted octanol–water partition coefficient (Wildman–Crippen LogP) is 2.34. The highest BCUT2D eigenvalue weighted by Gasteiger charge is 2.65. The van der Waals surface area contributed by atoms with E-state index in [9.17, 15) is 26.7 Å². The minimum Gasteiger partial charge on any atom is -0.378 e. The van der Waals surface area contributed by atoms with Crippen LogP contribution in [0.15, 0.2) is 0 Å². The molecule has 0 aromatic heterocycles. The standard InChI is InChI=1S/C11H13F5O3/c12-10(13,11(14,15)16)8(17)7-1-3-19-9(5-7)2-4-18-6-9/h7H,1-6H2. The van der Waals surface area contributed by atoms with Crippen LogP contribution in [0.3, 0.4) is 0 Å². The monoisotopic (exact) mass is 288 g/mol. The van der Waals surface area contributed by atoms with Gasteiger partial charge in [0.05, 0.1) is 12.2 Å². The zero-order valence-corrected chi connectivity index (χ0v) is 9.93. The summed E-state index contributed by atoms with van der Waals surface area (Å²) in [6, 6.07) is 0. The predicted molar refractivity (Wildman–Crippen MR) is 52.9 cm³/mol. The second-order valence-electron chi connectivity index (χ2n) is 4.96. The zero-order valence-electron chi connectivity index (χ0n) is 9.93. The van der Waals surface area contributed by atoms with E-state index in [1.165, 1.54) is 0 Å². The number of hydrogen-bond donors (Lipinski definition) is 0. The lowest BCUT2D eigenvalue weighted by atomic mass is 9.81. The first kappa shape index (κ1) is 14.6. The number of ether oxygens (including phenoxy) is 2. The third-order valence-electron chi connectivity index (χ3n) is 3.60. The second-order valence-corrected chi connectivity index (χ2v) is 4.96. The smallest absolute Gasteiger partial charge is 0.378 e. The van der Waals surface area contributed by atoms with Crippen molar-refractivity contribution < 1.29 is 36.2 Å². The summed E-state index contributed by atoms with van der Waals surface area (Å²) in [5.41, 5.74) is -0.875. The summed E-state index contributed by atoms with van der Waals surface area (Å²) in [7, 11) is 0. The molecule has 0 aromatic rings. The number of alkyl halides is 5. The Morgan fingerprint density at radius 1 is 1.16 bits per heavy atom. The first-order valence-electron chi connectivity index (χ1n) is 5.89. The Bertz CT molecular complexity index is 360. The molecule has 0 saturated carbocycles. The second kappa shape index (κ2) is 4.66. The van der Waals surface area contributed by atoms with E-state index < -0.39 is 29.4 Å². The van der Waals surface area contributed by atoms with Crippen LogP contribution in [-0.4, -0.2) is 43.3 Å². The topological polar surface area (TPSA) is 35.5 Å². The van der Waals surface area contributed by atoms with Crippen molar-refractivity contribution in [1.82, 2.24) is 0 Å². The highest BCUT2D eigenvalue weighted by atomic mass is 19.4. The molecule has 0 aliphatic carbocycles. The summed E-state index contributed by atoms with van der Waals surface area (Å²) in [6.07, 6.45) is -5.69. The van der Waals surface area contributed by atoms with Crippen LogP contribution in [0.25, 0.3) is 0 Å². The zero-order chi connectivity index (χ0) is 14.3. The van der Waals surface area contributed by atoms with Crippen molar-refractivity contribution in [3.8, 4) is 0 Å². The number of carbonyl (C=O) groups is 1. The van der Waals surface area contributed by atoms with Gasteiger partial charge >= 0.3 is 12.1 Å². The largest absolute Gasteiger partial charge is 0.461 e. The summed E-state index contributed by atoms with van der Waals surface area (Å²) < 4.78 is 73.1. The summed E-state index contributed by atoms with van der Waals surface area (Å²) in [5.74, 6) is -8.70. The number of ketones is 1. The maximum Gasteiger partial charge on any atom is 0.461 e. The van der Waals surface area contributed by atoms with Gasteiger partial charge in [-0.2, -0.15) is 22.0 Å². The van der Waals surface area contributed by atoms with Gasteiger partial charge in [-0.3, -0.25) is 4.79 Å². The molecule has 19 heavy (non-hydrogen) atoms. The van der Waals surface area contributed by atoms with Gasteiger partial charge in [0.1, 0.15) is 0 Å². The molecule has 2 atom stereocenters. The van der Waals surface area contributed by atoms with Crippen molar-refractivity contribution in [2.75, 3.05) is 19.8 Å². The van der Waals surface area contributed by atoms with Crippen molar-refractivity contribution >= 4 is 5.78 Å². The molecule has 8 heteroatoms. The number of halogens is 5. The molecule has 2 unspecified atom stereocenters. The fourth-order valence-corrected chi connectivity index (χ4v) is 2.51. The molecule has 2 saturated heterocycles. The van der Waals surface area contributed by atoms with Gasteiger partial charge in [0.2, 0.25) is 5.78 Å². The highest BCUT2D eigenvalue weighted by Crippen LogP contribution is 2.43. The van der Waals surface area contributed by atoms with E-state index in [1.54, 1.807) is 0 Å². The molecule has 3 nitrogen and oxygen atoms in total. The van der Waals surface area contributed by atoms with E-state index in [4.69, 9.17) is 9.47 Å². The fourth-order valence-electron chi connectivity index (χ4n) is 2.51. The Hall–Kier alpha value is -0.760. The van der Waals surface area contributed by atoms with Crippen LogP contribution in [-0.2, 0) is 14.3 Å². The van der Waals surface area contributed by atoms with Crippen LogP contribution < -0.4 is 0 Å². The molecule has 1 spiro atoms. The number of rotatable bonds is 2. The summed E-state index contributed by atoms with van der Waals surface area (Å²) in [4.78, 5) is 11.4. The van der Waals surface area contributed by atoms with E-state index in [2.05, 4.69) is 0 Å². The molecular weight excluding hydrogens is 275 g/mol. The SMILES string of the molecule is O=C(C1CCOC2(CCOC2)C1)C(F)(F)C(F)(F)F. The van der Waals surface area contributed by atoms with Crippen LogP contribution in [0.2, 0.25) is 0 Å². The Labute approximate surface area is 106 Å². The van der Waals surface area contributed by atoms with E-state index in [0.29, 0.717) is 13.0 Å². The maximum absolute atomic E-state index is 13.0. The van der Waals surface area contributed by atoms with Gasteiger partial charge in [-0.1, -0.05) is 0 Å². The highest BCUT2D eigenvalue weighted by molar-refractivity contribution is 5.88. The average Bonchev–Trinajstić information content (AvgIpc) is 2.74. The summed E-state index contributed by atoms with van der Waals surface area (Å²) >= 11 is 0. The van der Waals surface area contributed by atoms with E-state index in [1.807, 2.05) is 0 Å².